The van der Waals surface area contributed by atoms with Crippen LogP contribution in [0.3, 0.4) is 0 Å². The predicted molar refractivity (Wildman–Crippen MR) is 76.8 cm³/mol. The van der Waals surface area contributed by atoms with Crippen LogP contribution in [-0.4, -0.2) is 32.7 Å². The highest BCUT2D eigenvalue weighted by Gasteiger charge is 2.23. The number of rotatable bonds is 3. The van der Waals surface area contributed by atoms with Crippen LogP contribution in [0.1, 0.15) is 18.7 Å². The Hall–Kier alpha value is -0.100. The summed E-state index contributed by atoms with van der Waals surface area (Å²) in [5.41, 5.74) is 0. The molecule has 1 fully saturated rings. The van der Waals surface area contributed by atoms with Gasteiger partial charge in [0.2, 0.25) is 0 Å². The van der Waals surface area contributed by atoms with E-state index < -0.39 is 0 Å². The first-order valence-electron chi connectivity index (χ1n) is 5.35. The predicted octanol–water partition coefficient (Wildman–Crippen LogP) is 3.21. The van der Waals surface area contributed by atoms with E-state index in [1.807, 2.05) is 11.3 Å². The van der Waals surface area contributed by atoms with Crippen molar-refractivity contribution >= 4 is 39.6 Å². The van der Waals surface area contributed by atoms with Crippen LogP contribution in [0, 0.1) is 0 Å². The molecule has 0 aromatic carbocycles. The summed E-state index contributed by atoms with van der Waals surface area (Å²) < 4.78 is 1.04. The van der Waals surface area contributed by atoms with Crippen LogP contribution < -0.4 is 0 Å². The van der Waals surface area contributed by atoms with Crippen LogP contribution in [0.15, 0.2) is 17.5 Å². The molecule has 2 nitrogen and oxygen atoms in total. The van der Waals surface area contributed by atoms with E-state index in [1.165, 1.54) is 4.88 Å². The van der Waals surface area contributed by atoms with Gasteiger partial charge >= 0.3 is 0 Å². The standard InChI is InChI=1S/C11H16N2S3/c1-9(2)13-7-12(8-16-11(13)14)6-10-4-3-5-15-10/h3-5,9H,6-8H2,1-2H3. The van der Waals surface area contributed by atoms with E-state index in [0.717, 1.165) is 23.4 Å². The third-order valence-corrected chi connectivity index (χ3v) is 4.97. The highest BCUT2D eigenvalue weighted by atomic mass is 32.2. The van der Waals surface area contributed by atoms with Crippen LogP contribution in [0.5, 0.6) is 0 Å². The molecule has 0 unspecified atom stereocenters. The van der Waals surface area contributed by atoms with Crippen molar-refractivity contribution in [3.05, 3.63) is 22.4 Å². The van der Waals surface area contributed by atoms with Gasteiger partial charge in [0, 0.05) is 17.5 Å². The summed E-state index contributed by atoms with van der Waals surface area (Å²) in [5.74, 6) is 1.01. The fourth-order valence-corrected chi connectivity index (χ4v) is 3.71. The maximum absolute atomic E-state index is 5.37. The van der Waals surface area contributed by atoms with Crippen molar-refractivity contribution in [2.24, 2.45) is 0 Å². The first kappa shape index (κ1) is 12.4. The van der Waals surface area contributed by atoms with Gasteiger partial charge in [-0.2, -0.15) is 0 Å². The summed E-state index contributed by atoms with van der Waals surface area (Å²) >= 11 is 8.97. The lowest BCUT2D eigenvalue weighted by atomic mass is 10.3. The fourth-order valence-electron chi connectivity index (χ4n) is 1.64. The summed E-state index contributed by atoms with van der Waals surface area (Å²) in [5, 5.41) is 2.14. The second kappa shape index (κ2) is 5.49. The number of thiophene rings is 1. The first-order valence-corrected chi connectivity index (χ1v) is 7.62. The smallest absolute Gasteiger partial charge is 0.138 e. The minimum absolute atomic E-state index is 0.492. The van der Waals surface area contributed by atoms with Crippen molar-refractivity contribution in [2.75, 3.05) is 12.5 Å². The molecule has 1 saturated heterocycles. The van der Waals surface area contributed by atoms with Crippen LogP contribution in [-0.2, 0) is 6.54 Å². The van der Waals surface area contributed by atoms with Crippen LogP contribution >= 0.6 is 35.3 Å². The first-order chi connectivity index (χ1) is 7.66. The lowest BCUT2D eigenvalue weighted by Gasteiger charge is -2.38. The van der Waals surface area contributed by atoms with E-state index in [2.05, 4.69) is 41.2 Å². The maximum atomic E-state index is 5.37. The van der Waals surface area contributed by atoms with Gasteiger partial charge in [-0.1, -0.05) is 30.0 Å². The molecule has 0 bridgehead atoms. The van der Waals surface area contributed by atoms with E-state index in [4.69, 9.17) is 12.2 Å². The highest BCUT2D eigenvalue weighted by Crippen LogP contribution is 2.23. The fraction of sp³-hybridized carbons (Fsp3) is 0.545. The van der Waals surface area contributed by atoms with E-state index in [1.54, 1.807) is 11.8 Å². The maximum Gasteiger partial charge on any atom is 0.138 e. The minimum atomic E-state index is 0.492. The van der Waals surface area contributed by atoms with Crippen molar-refractivity contribution in [1.82, 2.24) is 9.80 Å². The van der Waals surface area contributed by atoms with E-state index in [0.29, 0.717) is 6.04 Å². The number of hydrogen-bond acceptors (Lipinski definition) is 4. The third kappa shape index (κ3) is 2.97. The quantitative estimate of drug-likeness (QED) is 0.779. The molecule has 0 spiro atoms. The average molecular weight is 272 g/mol. The molecule has 1 aliphatic rings. The Morgan fingerprint density at radius 3 is 2.94 bits per heavy atom. The molecule has 1 aliphatic heterocycles. The average Bonchev–Trinajstić information content (AvgIpc) is 2.73. The highest BCUT2D eigenvalue weighted by molar-refractivity contribution is 8.22. The second-order valence-electron chi connectivity index (χ2n) is 4.15. The largest absolute Gasteiger partial charge is 0.342 e. The van der Waals surface area contributed by atoms with Crippen molar-refractivity contribution in [3.63, 3.8) is 0 Å². The number of thiocarbonyl (C=S) groups is 1. The number of nitrogens with zero attached hydrogens (tertiary/aromatic N) is 2. The van der Waals surface area contributed by atoms with Crippen molar-refractivity contribution in [2.45, 2.75) is 26.4 Å². The topological polar surface area (TPSA) is 6.48 Å². The lowest BCUT2D eigenvalue weighted by Crippen LogP contribution is -2.47. The molecule has 0 saturated carbocycles. The Balaban J connectivity index is 1.95. The van der Waals surface area contributed by atoms with Crippen LogP contribution in [0.2, 0.25) is 0 Å². The zero-order valence-corrected chi connectivity index (χ0v) is 12.0. The zero-order chi connectivity index (χ0) is 11.5. The summed E-state index contributed by atoms with van der Waals surface area (Å²) in [4.78, 5) is 6.15. The van der Waals surface area contributed by atoms with Gasteiger partial charge < -0.3 is 4.90 Å². The van der Waals surface area contributed by atoms with Gasteiger partial charge in [0.05, 0.1) is 12.5 Å². The summed E-state index contributed by atoms with van der Waals surface area (Å²) in [7, 11) is 0. The third-order valence-electron chi connectivity index (χ3n) is 2.54. The number of hydrogen-bond donors (Lipinski definition) is 0. The molecular formula is C11H16N2S3. The molecule has 2 rings (SSSR count). The van der Waals surface area contributed by atoms with Crippen LogP contribution in [0.4, 0.5) is 0 Å². The second-order valence-corrected chi connectivity index (χ2v) is 6.76. The van der Waals surface area contributed by atoms with Crippen molar-refractivity contribution < 1.29 is 0 Å². The molecule has 1 aromatic rings. The van der Waals surface area contributed by atoms with Gasteiger partial charge in [-0.3, -0.25) is 4.90 Å². The summed E-state index contributed by atoms with van der Waals surface area (Å²) in [6, 6.07) is 4.80. The molecule has 5 heteroatoms. The van der Waals surface area contributed by atoms with Gasteiger partial charge in [-0.25, -0.2) is 0 Å². The molecule has 2 heterocycles. The molecule has 16 heavy (non-hydrogen) atoms. The van der Waals surface area contributed by atoms with Gasteiger partial charge in [0.1, 0.15) is 4.32 Å². The molecule has 0 amide bonds. The lowest BCUT2D eigenvalue weighted by molar-refractivity contribution is 0.183. The van der Waals surface area contributed by atoms with Crippen molar-refractivity contribution in [3.8, 4) is 0 Å². The van der Waals surface area contributed by atoms with Gasteiger partial charge in [0.15, 0.2) is 0 Å². The monoisotopic (exact) mass is 272 g/mol. The van der Waals surface area contributed by atoms with Gasteiger partial charge in [0.25, 0.3) is 0 Å². The minimum Gasteiger partial charge on any atom is -0.342 e. The molecule has 88 valence electrons. The normalized spacial score (nSPS) is 18.4. The van der Waals surface area contributed by atoms with E-state index in [9.17, 15) is 0 Å². The van der Waals surface area contributed by atoms with Gasteiger partial charge in [-0.05, 0) is 25.3 Å². The summed E-state index contributed by atoms with van der Waals surface area (Å²) in [6.45, 7) is 6.39. The Bertz CT molecular complexity index is 348. The summed E-state index contributed by atoms with van der Waals surface area (Å²) in [6.07, 6.45) is 0. The molecular weight excluding hydrogens is 256 g/mol. The van der Waals surface area contributed by atoms with Crippen molar-refractivity contribution in [1.29, 1.82) is 0 Å². The van der Waals surface area contributed by atoms with Gasteiger partial charge in [-0.15, -0.1) is 11.3 Å². The van der Waals surface area contributed by atoms with E-state index >= 15 is 0 Å². The Labute approximate surface area is 111 Å². The Morgan fingerprint density at radius 2 is 2.31 bits per heavy atom. The van der Waals surface area contributed by atoms with E-state index in [-0.39, 0.29) is 0 Å². The SMILES string of the molecule is CC(C)N1CN(Cc2cccs2)CSC1=S. The Kier molecular flexibility index (Phi) is 4.24. The number of thioether (sulfide) groups is 1. The molecule has 0 aliphatic carbocycles. The zero-order valence-electron chi connectivity index (χ0n) is 9.55. The molecule has 0 radical (unpaired) electrons. The van der Waals surface area contributed by atoms with Crippen LogP contribution in [0.25, 0.3) is 0 Å². The molecule has 1 aromatic heterocycles. The molecule has 0 N–H and O–H groups in total. The molecule has 0 atom stereocenters. The Morgan fingerprint density at radius 1 is 1.50 bits per heavy atom.